The van der Waals surface area contributed by atoms with E-state index in [0.29, 0.717) is 17.0 Å². The first-order valence-corrected chi connectivity index (χ1v) is 5.43. The molecule has 0 aromatic heterocycles. The van der Waals surface area contributed by atoms with E-state index in [-0.39, 0.29) is 0 Å². The number of benzene rings is 1. The van der Waals surface area contributed by atoms with E-state index in [1.165, 1.54) is 13.2 Å². The molecule has 0 aliphatic carbocycles. The summed E-state index contributed by atoms with van der Waals surface area (Å²) in [6.07, 6.45) is -4.79. The number of aliphatic carboxylic acids is 1. The highest BCUT2D eigenvalue weighted by molar-refractivity contribution is 5.72. The Morgan fingerprint density at radius 1 is 1.47 bits per heavy atom. The van der Waals surface area contributed by atoms with Crippen LogP contribution in [0.15, 0.2) is 18.2 Å². The van der Waals surface area contributed by atoms with Gasteiger partial charge in [-0.2, -0.15) is 13.2 Å². The fourth-order valence-electron chi connectivity index (χ4n) is 1.47. The van der Waals surface area contributed by atoms with Gasteiger partial charge >= 0.3 is 12.1 Å². The molecule has 0 amide bonds. The molecule has 106 valence electrons. The van der Waals surface area contributed by atoms with Gasteiger partial charge in [-0.1, -0.05) is 6.07 Å². The summed E-state index contributed by atoms with van der Waals surface area (Å²) in [6, 6.07) is 4.86. The van der Waals surface area contributed by atoms with Gasteiger partial charge in [0.25, 0.3) is 0 Å². The third-order valence-corrected chi connectivity index (χ3v) is 2.63. The molecule has 2 N–H and O–H groups in total. The molecule has 7 heteroatoms. The van der Waals surface area contributed by atoms with Crippen LogP contribution in [-0.4, -0.2) is 30.9 Å². The lowest BCUT2D eigenvalue weighted by molar-refractivity contribution is -0.190. The number of hydrogen-bond donors (Lipinski definition) is 2. The van der Waals surface area contributed by atoms with Crippen molar-refractivity contribution in [3.05, 3.63) is 23.8 Å². The second kappa shape index (κ2) is 5.81. The van der Waals surface area contributed by atoms with Crippen molar-refractivity contribution in [2.75, 3.05) is 19.0 Å². The lowest BCUT2D eigenvalue weighted by atomic mass is 10.1. The first kappa shape index (κ1) is 15.1. The fourth-order valence-corrected chi connectivity index (χ4v) is 1.47. The maximum absolute atomic E-state index is 12.5. The fraction of sp³-hybridized carbons (Fsp3) is 0.417. The highest BCUT2D eigenvalue weighted by Gasteiger charge is 2.44. The molecule has 0 aliphatic heterocycles. The van der Waals surface area contributed by atoms with E-state index >= 15 is 0 Å². The number of ether oxygens (including phenoxy) is 1. The Balaban J connectivity index is 2.83. The largest absolute Gasteiger partial charge is 0.497 e. The van der Waals surface area contributed by atoms with Crippen molar-refractivity contribution in [3.8, 4) is 5.75 Å². The summed E-state index contributed by atoms with van der Waals surface area (Å²) < 4.78 is 42.4. The SMILES string of the molecule is COc1ccc(C)c(NCC(C(=O)O)C(F)(F)F)c1. The van der Waals surface area contributed by atoms with E-state index in [9.17, 15) is 18.0 Å². The molecule has 1 aromatic rings. The van der Waals surface area contributed by atoms with Crippen molar-refractivity contribution in [1.29, 1.82) is 0 Å². The van der Waals surface area contributed by atoms with Gasteiger partial charge in [0.1, 0.15) is 5.75 Å². The number of hydrogen-bond acceptors (Lipinski definition) is 3. The molecule has 19 heavy (non-hydrogen) atoms. The zero-order chi connectivity index (χ0) is 14.6. The number of nitrogens with one attached hydrogen (secondary N) is 1. The van der Waals surface area contributed by atoms with Crippen molar-refractivity contribution in [3.63, 3.8) is 0 Å². The van der Waals surface area contributed by atoms with Crippen molar-refractivity contribution >= 4 is 11.7 Å². The number of methoxy groups -OCH3 is 1. The number of aryl methyl sites for hydroxylation is 1. The summed E-state index contributed by atoms with van der Waals surface area (Å²) >= 11 is 0. The second-order valence-corrected chi connectivity index (χ2v) is 3.99. The molecular formula is C12H14F3NO3. The van der Waals surface area contributed by atoms with E-state index in [2.05, 4.69) is 5.32 Å². The molecule has 0 radical (unpaired) electrons. The van der Waals surface area contributed by atoms with Gasteiger partial charge in [0.2, 0.25) is 0 Å². The molecule has 0 saturated carbocycles. The third-order valence-electron chi connectivity index (χ3n) is 2.63. The standard InChI is InChI=1S/C12H14F3NO3/c1-7-3-4-8(19-2)5-10(7)16-6-9(11(17)18)12(13,14)15/h3-5,9,16H,6H2,1-2H3,(H,17,18). The van der Waals surface area contributed by atoms with Gasteiger partial charge in [-0.25, -0.2) is 0 Å². The predicted molar refractivity (Wildman–Crippen MR) is 63.4 cm³/mol. The molecule has 0 fully saturated rings. The second-order valence-electron chi connectivity index (χ2n) is 3.99. The molecular weight excluding hydrogens is 263 g/mol. The lowest BCUT2D eigenvalue weighted by Crippen LogP contribution is -2.36. The number of rotatable bonds is 5. The van der Waals surface area contributed by atoms with Crippen LogP contribution in [0.2, 0.25) is 0 Å². The van der Waals surface area contributed by atoms with Crippen LogP contribution in [0.5, 0.6) is 5.75 Å². The van der Waals surface area contributed by atoms with E-state index in [4.69, 9.17) is 9.84 Å². The average molecular weight is 277 g/mol. The Labute approximate surface area is 108 Å². The van der Waals surface area contributed by atoms with E-state index < -0.39 is 24.6 Å². The summed E-state index contributed by atoms with van der Waals surface area (Å²) in [5.74, 6) is -3.87. The van der Waals surface area contributed by atoms with Crippen LogP contribution >= 0.6 is 0 Å². The lowest BCUT2D eigenvalue weighted by Gasteiger charge is -2.18. The topological polar surface area (TPSA) is 58.6 Å². The van der Waals surface area contributed by atoms with Crippen LogP contribution in [0, 0.1) is 12.8 Å². The quantitative estimate of drug-likeness (QED) is 0.868. The average Bonchev–Trinajstić information content (AvgIpc) is 2.29. The van der Waals surface area contributed by atoms with Gasteiger partial charge in [-0.05, 0) is 18.6 Å². The third kappa shape index (κ3) is 4.04. The number of carboxylic acids is 1. The maximum Gasteiger partial charge on any atom is 0.403 e. The Kier molecular flexibility index (Phi) is 4.63. The molecule has 0 heterocycles. The molecule has 1 atom stereocenters. The molecule has 1 aromatic carbocycles. The van der Waals surface area contributed by atoms with Crippen LogP contribution in [0.4, 0.5) is 18.9 Å². The van der Waals surface area contributed by atoms with Crippen LogP contribution in [0.3, 0.4) is 0 Å². The summed E-state index contributed by atoms with van der Waals surface area (Å²) in [4.78, 5) is 10.6. The minimum atomic E-state index is -4.79. The molecule has 0 bridgehead atoms. The number of anilines is 1. The summed E-state index contributed by atoms with van der Waals surface area (Å²) in [5.41, 5.74) is 1.11. The van der Waals surface area contributed by atoms with Crippen molar-refractivity contribution in [2.45, 2.75) is 13.1 Å². The maximum atomic E-state index is 12.5. The minimum Gasteiger partial charge on any atom is -0.497 e. The first-order chi connectivity index (χ1) is 8.75. The molecule has 4 nitrogen and oxygen atoms in total. The zero-order valence-electron chi connectivity index (χ0n) is 10.4. The highest BCUT2D eigenvalue weighted by atomic mass is 19.4. The van der Waals surface area contributed by atoms with Gasteiger partial charge in [-0.3, -0.25) is 4.79 Å². The Morgan fingerprint density at radius 2 is 2.11 bits per heavy atom. The van der Waals surface area contributed by atoms with E-state index in [1.54, 1.807) is 19.1 Å². The molecule has 0 aliphatic rings. The smallest absolute Gasteiger partial charge is 0.403 e. The summed E-state index contributed by atoms with van der Waals surface area (Å²) in [6.45, 7) is 0.970. The first-order valence-electron chi connectivity index (χ1n) is 5.43. The van der Waals surface area contributed by atoms with Gasteiger partial charge < -0.3 is 15.2 Å². The van der Waals surface area contributed by atoms with Gasteiger partial charge in [0.15, 0.2) is 5.92 Å². The summed E-state index contributed by atoms with van der Waals surface area (Å²) in [5, 5.41) is 11.1. The molecule has 1 unspecified atom stereocenters. The number of halogens is 3. The van der Waals surface area contributed by atoms with Gasteiger partial charge in [0.05, 0.1) is 7.11 Å². The van der Waals surface area contributed by atoms with Crippen LogP contribution < -0.4 is 10.1 Å². The highest BCUT2D eigenvalue weighted by Crippen LogP contribution is 2.28. The Bertz CT molecular complexity index is 460. The molecule has 0 spiro atoms. The van der Waals surface area contributed by atoms with Crippen LogP contribution in [0.25, 0.3) is 0 Å². The van der Waals surface area contributed by atoms with Crippen LogP contribution in [0.1, 0.15) is 5.56 Å². The predicted octanol–water partition coefficient (Wildman–Crippen LogP) is 2.68. The molecule has 1 rings (SSSR count). The Hall–Kier alpha value is -1.92. The van der Waals surface area contributed by atoms with E-state index in [1.807, 2.05) is 0 Å². The number of carboxylic acid groups (broad SMARTS) is 1. The number of carbonyl (C=O) groups is 1. The molecule has 0 saturated heterocycles. The van der Waals surface area contributed by atoms with Crippen molar-refractivity contribution in [1.82, 2.24) is 0 Å². The van der Waals surface area contributed by atoms with E-state index in [0.717, 1.165) is 0 Å². The normalized spacial score (nSPS) is 12.9. The van der Waals surface area contributed by atoms with Gasteiger partial charge in [0, 0.05) is 18.3 Å². The summed E-state index contributed by atoms with van der Waals surface area (Å²) in [7, 11) is 1.43. The zero-order valence-corrected chi connectivity index (χ0v) is 10.4. The number of alkyl halides is 3. The monoisotopic (exact) mass is 277 g/mol. The van der Waals surface area contributed by atoms with Gasteiger partial charge in [-0.15, -0.1) is 0 Å². The Morgan fingerprint density at radius 3 is 2.58 bits per heavy atom. The van der Waals surface area contributed by atoms with Crippen molar-refractivity contribution in [2.24, 2.45) is 5.92 Å². The minimum absolute atomic E-state index is 0.412. The van der Waals surface area contributed by atoms with Crippen LogP contribution in [-0.2, 0) is 4.79 Å². The van der Waals surface area contributed by atoms with Crippen molar-refractivity contribution < 1.29 is 27.8 Å².